The second-order valence-electron chi connectivity index (χ2n) is 4.08. The lowest BCUT2D eigenvalue weighted by Crippen LogP contribution is -2.23. The predicted molar refractivity (Wildman–Crippen MR) is 63.4 cm³/mol. The van der Waals surface area contributed by atoms with Gasteiger partial charge in [-0.3, -0.25) is 9.98 Å². The van der Waals surface area contributed by atoms with Crippen LogP contribution in [0.15, 0.2) is 34.3 Å². The molecule has 2 aliphatic rings. The summed E-state index contributed by atoms with van der Waals surface area (Å²) in [5, 5.41) is 0. The second-order valence-corrected chi connectivity index (χ2v) is 4.08. The molecule has 2 unspecified atom stereocenters. The Labute approximate surface area is 86.2 Å². The summed E-state index contributed by atoms with van der Waals surface area (Å²) in [4.78, 5) is 8.48. The first-order valence-corrected chi connectivity index (χ1v) is 5.10. The molecule has 0 aromatic carbocycles. The lowest BCUT2D eigenvalue weighted by molar-refractivity contribution is 0.703. The van der Waals surface area contributed by atoms with E-state index in [0.717, 1.165) is 5.92 Å². The van der Waals surface area contributed by atoms with Gasteiger partial charge in [-0.25, -0.2) is 0 Å². The average Bonchev–Trinajstić information content (AvgIpc) is 2.17. The maximum atomic E-state index is 4.24. The van der Waals surface area contributed by atoms with Gasteiger partial charge in [-0.15, -0.1) is 0 Å². The van der Waals surface area contributed by atoms with Crippen LogP contribution in [0.3, 0.4) is 0 Å². The Morgan fingerprint density at radius 3 is 1.57 bits per heavy atom. The molecule has 1 aliphatic carbocycles. The van der Waals surface area contributed by atoms with Crippen LogP contribution in [0.2, 0.25) is 0 Å². The van der Waals surface area contributed by atoms with Crippen molar-refractivity contribution < 1.29 is 0 Å². The number of allylic oxidation sites excluding steroid dienone is 2. The van der Waals surface area contributed by atoms with Crippen molar-refractivity contribution in [3.05, 3.63) is 24.3 Å². The topological polar surface area (TPSA) is 24.7 Å². The fourth-order valence-corrected chi connectivity index (χ4v) is 1.14. The summed E-state index contributed by atoms with van der Waals surface area (Å²) in [5.41, 5.74) is 0. The van der Waals surface area contributed by atoms with Gasteiger partial charge in [0.15, 0.2) is 0 Å². The van der Waals surface area contributed by atoms with Gasteiger partial charge >= 0.3 is 0 Å². The Morgan fingerprint density at radius 1 is 0.857 bits per heavy atom. The lowest BCUT2D eigenvalue weighted by Gasteiger charge is -2.18. The van der Waals surface area contributed by atoms with Crippen molar-refractivity contribution in [3.63, 3.8) is 0 Å². The average molecular weight is 190 g/mol. The van der Waals surface area contributed by atoms with Gasteiger partial charge in [-0.2, -0.15) is 0 Å². The van der Waals surface area contributed by atoms with E-state index < -0.39 is 0 Å². The Bertz CT molecular complexity index is 219. The van der Waals surface area contributed by atoms with Gasteiger partial charge in [0.2, 0.25) is 0 Å². The Morgan fingerprint density at radius 2 is 1.21 bits per heavy atom. The largest absolute Gasteiger partial charge is 0.282 e. The monoisotopic (exact) mass is 190 g/mol. The molecular formula is C12H18N2. The summed E-state index contributed by atoms with van der Waals surface area (Å²) in [6.45, 7) is 6.50. The minimum atomic E-state index is 0.259. The number of nitrogens with zero attached hydrogens (tertiary/aromatic N) is 2. The van der Waals surface area contributed by atoms with Crippen molar-refractivity contribution in [2.45, 2.75) is 32.9 Å². The molecule has 0 saturated carbocycles. The zero-order valence-corrected chi connectivity index (χ0v) is 9.09. The number of hydrogen-bond acceptors (Lipinski definition) is 2. The van der Waals surface area contributed by atoms with Crippen molar-refractivity contribution in [1.82, 2.24) is 0 Å². The Kier molecular flexibility index (Phi) is 4.30. The standard InChI is InChI=1S/C8H8N2.C4H10/c1-2-4-8-7(3-1)9-5-6-10-8;1-4(2)3/h1-8H;4H,1-3H3. The first kappa shape index (κ1) is 10.9. The molecule has 2 rings (SSSR count). The van der Waals surface area contributed by atoms with Gasteiger partial charge in [-0.1, -0.05) is 45.1 Å². The summed E-state index contributed by atoms with van der Waals surface area (Å²) in [6.07, 6.45) is 11.7. The molecule has 2 atom stereocenters. The highest BCUT2D eigenvalue weighted by atomic mass is 14.9. The molecule has 0 amide bonds. The number of hydrogen-bond donors (Lipinski definition) is 0. The van der Waals surface area contributed by atoms with Crippen molar-refractivity contribution in [3.8, 4) is 0 Å². The fourth-order valence-electron chi connectivity index (χ4n) is 1.14. The quantitative estimate of drug-likeness (QED) is 0.561. The van der Waals surface area contributed by atoms with Crippen LogP contribution in [-0.4, -0.2) is 24.5 Å². The van der Waals surface area contributed by atoms with Crippen molar-refractivity contribution in [2.24, 2.45) is 15.9 Å². The van der Waals surface area contributed by atoms with Crippen molar-refractivity contribution in [2.75, 3.05) is 0 Å². The molecule has 0 bridgehead atoms. The smallest absolute Gasteiger partial charge is 0.0942 e. The highest BCUT2D eigenvalue weighted by Gasteiger charge is 2.16. The maximum Gasteiger partial charge on any atom is 0.0942 e. The van der Waals surface area contributed by atoms with E-state index in [9.17, 15) is 0 Å². The van der Waals surface area contributed by atoms with E-state index in [4.69, 9.17) is 0 Å². The summed E-state index contributed by atoms with van der Waals surface area (Å²) in [7, 11) is 0. The lowest BCUT2D eigenvalue weighted by atomic mass is 10.0. The molecule has 0 aromatic heterocycles. The van der Waals surface area contributed by atoms with E-state index in [-0.39, 0.29) is 12.1 Å². The first-order valence-electron chi connectivity index (χ1n) is 5.10. The third kappa shape index (κ3) is 3.69. The molecule has 0 fully saturated rings. The summed E-state index contributed by atoms with van der Waals surface area (Å²) < 4.78 is 0. The molecule has 0 radical (unpaired) electrons. The molecule has 0 saturated heterocycles. The van der Waals surface area contributed by atoms with Crippen LogP contribution < -0.4 is 0 Å². The van der Waals surface area contributed by atoms with Crippen LogP contribution in [0.4, 0.5) is 0 Å². The Hall–Kier alpha value is -1.18. The summed E-state index contributed by atoms with van der Waals surface area (Å²) >= 11 is 0. The van der Waals surface area contributed by atoms with Crippen LogP contribution >= 0.6 is 0 Å². The van der Waals surface area contributed by atoms with Gasteiger partial charge in [-0.05, 0) is 5.92 Å². The molecule has 0 aromatic rings. The van der Waals surface area contributed by atoms with E-state index in [1.807, 2.05) is 12.2 Å². The van der Waals surface area contributed by atoms with E-state index in [1.54, 1.807) is 12.4 Å². The zero-order valence-electron chi connectivity index (χ0n) is 9.09. The highest BCUT2D eigenvalue weighted by Crippen LogP contribution is 2.13. The highest BCUT2D eigenvalue weighted by molar-refractivity contribution is 6.16. The molecule has 14 heavy (non-hydrogen) atoms. The number of fused-ring (bicyclic) bond motifs is 1. The minimum Gasteiger partial charge on any atom is -0.282 e. The molecule has 1 heterocycles. The fraction of sp³-hybridized carbons (Fsp3) is 0.500. The number of rotatable bonds is 0. The van der Waals surface area contributed by atoms with Crippen molar-refractivity contribution >= 4 is 12.4 Å². The van der Waals surface area contributed by atoms with Gasteiger partial charge in [0.1, 0.15) is 0 Å². The maximum absolute atomic E-state index is 4.24. The number of aliphatic imine (C=N–C) groups is 2. The SMILES string of the molecule is C1=CC2N=CC=NC2C=C1.CC(C)C. The van der Waals surface area contributed by atoms with Crippen LogP contribution in [-0.2, 0) is 0 Å². The molecule has 0 N–H and O–H groups in total. The van der Waals surface area contributed by atoms with Gasteiger partial charge in [0, 0.05) is 12.4 Å². The molecular weight excluding hydrogens is 172 g/mol. The molecule has 1 aliphatic heterocycles. The van der Waals surface area contributed by atoms with Crippen LogP contribution in [0.25, 0.3) is 0 Å². The van der Waals surface area contributed by atoms with Crippen molar-refractivity contribution in [1.29, 1.82) is 0 Å². The predicted octanol–water partition coefficient (Wildman–Crippen LogP) is 2.67. The molecule has 0 spiro atoms. The zero-order chi connectivity index (χ0) is 10.4. The van der Waals surface area contributed by atoms with Crippen LogP contribution in [0.5, 0.6) is 0 Å². The molecule has 2 heteroatoms. The van der Waals surface area contributed by atoms with Gasteiger partial charge < -0.3 is 0 Å². The summed E-state index contributed by atoms with van der Waals surface area (Å²) in [6, 6.07) is 0.519. The third-order valence-electron chi connectivity index (χ3n) is 1.66. The summed E-state index contributed by atoms with van der Waals surface area (Å²) in [5.74, 6) is 0.833. The van der Waals surface area contributed by atoms with Crippen LogP contribution in [0, 0.1) is 5.92 Å². The first-order chi connectivity index (χ1) is 6.70. The van der Waals surface area contributed by atoms with Gasteiger partial charge in [0.25, 0.3) is 0 Å². The molecule has 2 nitrogen and oxygen atoms in total. The molecule has 76 valence electrons. The normalized spacial score (nSPS) is 27.1. The second kappa shape index (κ2) is 5.53. The van der Waals surface area contributed by atoms with Crippen LogP contribution in [0.1, 0.15) is 20.8 Å². The van der Waals surface area contributed by atoms with E-state index >= 15 is 0 Å². The minimum absolute atomic E-state index is 0.259. The third-order valence-corrected chi connectivity index (χ3v) is 1.66. The van der Waals surface area contributed by atoms with E-state index in [0.29, 0.717) is 0 Å². The van der Waals surface area contributed by atoms with Gasteiger partial charge in [0.05, 0.1) is 12.1 Å². The Balaban J connectivity index is 0.000000213. The van der Waals surface area contributed by atoms with E-state index in [1.165, 1.54) is 0 Å². The van der Waals surface area contributed by atoms with E-state index in [2.05, 4.69) is 42.9 Å².